The molecule has 0 spiro atoms. The third kappa shape index (κ3) is 3.01. The Morgan fingerprint density at radius 2 is 2.12 bits per heavy atom. The Morgan fingerprint density at radius 3 is 2.83 bits per heavy atom. The van der Waals surface area contributed by atoms with Gasteiger partial charge in [-0.05, 0) is 24.1 Å². The summed E-state index contributed by atoms with van der Waals surface area (Å²) < 4.78 is 0. The normalized spacial score (nSPS) is 19.7. The minimum Gasteiger partial charge on any atom is -0.330 e. The lowest BCUT2D eigenvalue weighted by Crippen LogP contribution is -2.52. The van der Waals surface area contributed by atoms with Gasteiger partial charge < -0.3 is 10.6 Å². The molecule has 7 heteroatoms. The summed E-state index contributed by atoms with van der Waals surface area (Å²) in [5.41, 5.74) is 7.24. The summed E-state index contributed by atoms with van der Waals surface area (Å²) in [6.45, 7) is 0.758. The monoisotopic (exact) mass is 345 g/mol. The SMILES string of the molecule is NCCC#Cc1cc2c(cc1Cl)CN(C1CCC(=O)NC1=O)C2=O. The number of rotatable bonds is 2. The van der Waals surface area contributed by atoms with E-state index in [0.29, 0.717) is 42.1 Å². The molecule has 3 amide bonds. The molecular weight excluding hydrogens is 330 g/mol. The van der Waals surface area contributed by atoms with Crippen molar-refractivity contribution >= 4 is 29.3 Å². The molecule has 0 radical (unpaired) electrons. The van der Waals surface area contributed by atoms with Crippen molar-refractivity contribution in [1.82, 2.24) is 10.2 Å². The molecule has 1 unspecified atom stereocenters. The van der Waals surface area contributed by atoms with E-state index in [1.807, 2.05) is 0 Å². The number of hydrogen-bond acceptors (Lipinski definition) is 4. The van der Waals surface area contributed by atoms with E-state index in [4.69, 9.17) is 17.3 Å². The van der Waals surface area contributed by atoms with Crippen molar-refractivity contribution in [2.45, 2.75) is 31.8 Å². The van der Waals surface area contributed by atoms with Gasteiger partial charge in [0.1, 0.15) is 6.04 Å². The minimum atomic E-state index is -0.631. The van der Waals surface area contributed by atoms with E-state index in [1.54, 1.807) is 12.1 Å². The summed E-state index contributed by atoms with van der Waals surface area (Å²) in [7, 11) is 0. The van der Waals surface area contributed by atoms with Crippen molar-refractivity contribution in [2.75, 3.05) is 6.54 Å². The average molecular weight is 346 g/mol. The van der Waals surface area contributed by atoms with Crippen LogP contribution in [0.2, 0.25) is 5.02 Å². The summed E-state index contributed by atoms with van der Waals surface area (Å²) >= 11 is 6.23. The molecule has 6 nitrogen and oxygen atoms in total. The van der Waals surface area contributed by atoms with Crippen LogP contribution in [-0.4, -0.2) is 35.2 Å². The van der Waals surface area contributed by atoms with Crippen molar-refractivity contribution in [1.29, 1.82) is 0 Å². The quantitative estimate of drug-likeness (QED) is 0.612. The van der Waals surface area contributed by atoms with Crippen molar-refractivity contribution in [3.05, 3.63) is 33.8 Å². The molecule has 3 rings (SSSR count). The fourth-order valence-corrected chi connectivity index (χ4v) is 3.14. The Bertz CT molecular complexity index is 794. The smallest absolute Gasteiger partial charge is 0.255 e. The maximum Gasteiger partial charge on any atom is 0.255 e. The molecule has 0 bridgehead atoms. The van der Waals surface area contributed by atoms with E-state index in [0.717, 1.165) is 5.56 Å². The van der Waals surface area contributed by atoms with Crippen molar-refractivity contribution in [2.24, 2.45) is 5.73 Å². The molecule has 3 N–H and O–H groups in total. The lowest BCUT2D eigenvalue weighted by Gasteiger charge is -2.29. The number of carbonyl (C=O) groups is 3. The molecule has 2 heterocycles. The first-order chi connectivity index (χ1) is 11.5. The van der Waals surface area contributed by atoms with E-state index >= 15 is 0 Å². The van der Waals surface area contributed by atoms with Crippen LogP contribution in [0.15, 0.2) is 12.1 Å². The summed E-state index contributed by atoms with van der Waals surface area (Å²) in [6.07, 6.45) is 1.11. The van der Waals surface area contributed by atoms with E-state index in [1.165, 1.54) is 4.90 Å². The third-order valence-electron chi connectivity index (χ3n) is 4.10. The zero-order valence-corrected chi connectivity index (χ0v) is 13.7. The molecule has 1 aromatic carbocycles. The number of nitrogens with one attached hydrogen (secondary N) is 1. The van der Waals surface area contributed by atoms with Gasteiger partial charge in [0.25, 0.3) is 5.91 Å². The highest BCUT2D eigenvalue weighted by atomic mass is 35.5. The van der Waals surface area contributed by atoms with Gasteiger partial charge >= 0.3 is 0 Å². The van der Waals surface area contributed by atoms with Gasteiger partial charge in [-0.15, -0.1) is 0 Å². The molecule has 2 aliphatic heterocycles. The molecule has 1 fully saturated rings. The van der Waals surface area contributed by atoms with E-state index < -0.39 is 11.9 Å². The van der Waals surface area contributed by atoms with Crippen LogP contribution in [0.1, 0.15) is 40.7 Å². The van der Waals surface area contributed by atoms with E-state index in [2.05, 4.69) is 17.2 Å². The lowest BCUT2D eigenvalue weighted by molar-refractivity contribution is -0.136. The second-order valence-electron chi connectivity index (χ2n) is 5.73. The number of carbonyl (C=O) groups excluding carboxylic acids is 3. The minimum absolute atomic E-state index is 0.229. The number of amides is 3. The first kappa shape index (κ1) is 16.5. The lowest BCUT2D eigenvalue weighted by atomic mass is 10.0. The van der Waals surface area contributed by atoms with Gasteiger partial charge in [-0.3, -0.25) is 19.7 Å². The van der Waals surface area contributed by atoms with Crippen LogP contribution in [0.3, 0.4) is 0 Å². The molecule has 24 heavy (non-hydrogen) atoms. The predicted molar refractivity (Wildman–Crippen MR) is 88.0 cm³/mol. The Hall–Kier alpha value is -2.36. The van der Waals surface area contributed by atoms with Gasteiger partial charge in [0.15, 0.2) is 0 Å². The van der Waals surface area contributed by atoms with E-state index in [-0.39, 0.29) is 18.2 Å². The first-order valence-electron chi connectivity index (χ1n) is 7.67. The van der Waals surface area contributed by atoms with Crippen LogP contribution in [0, 0.1) is 11.8 Å². The van der Waals surface area contributed by atoms with Crippen LogP contribution in [0.25, 0.3) is 0 Å². The van der Waals surface area contributed by atoms with Gasteiger partial charge in [-0.25, -0.2) is 0 Å². The number of piperidine rings is 1. The number of nitrogens with two attached hydrogens (primary N) is 1. The Labute approximate surface area is 144 Å². The van der Waals surface area contributed by atoms with Crippen LogP contribution in [-0.2, 0) is 16.1 Å². The van der Waals surface area contributed by atoms with Gasteiger partial charge in [-0.2, -0.15) is 0 Å². The van der Waals surface area contributed by atoms with E-state index in [9.17, 15) is 14.4 Å². The van der Waals surface area contributed by atoms with Crippen LogP contribution >= 0.6 is 11.6 Å². The zero-order chi connectivity index (χ0) is 17.3. The number of hydrogen-bond donors (Lipinski definition) is 2. The second-order valence-corrected chi connectivity index (χ2v) is 6.14. The maximum atomic E-state index is 12.7. The number of benzene rings is 1. The van der Waals surface area contributed by atoms with Crippen molar-refractivity contribution < 1.29 is 14.4 Å². The zero-order valence-electron chi connectivity index (χ0n) is 12.9. The summed E-state index contributed by atoms with van der Waals surface area (Å²) in [6, 6.07) is 2.75. The number of imide groups is 1. The molecular formula is C17H16ClN3O3. The highest BCUT2D eigenvalue weighted by molar-refractivity contribution is 6.32. The molecule has 0 aliphatic carbocycles. The average Bonchev–Trinajstić information content (AvgIpc) is 2.84. The predicted octanol–water partition coefficient (Wildman–Crippen LogP) is 0.801. The molecule has 124 valence electrons. The molecule has 0 aromatic heterocycles. The van der Waals surface area contributed by atoms with Gasteiger partial charge in [0.05, 0.1) is 5.02 Å². The molecule has 1 atom stereocenters. The highest BCUT2D eigenvalue weighted by Gasteiger charge is 2.39. The second kappa shape index (κ2) is 6.63. The topological polar surface area (TPSA) is 92.5 Å². The summed E-state index contributed by atoms with van der Waals surface area (Å²) in [4.78, 5) is 37.4. The Balaban J connectivity index is 1.87. The highest BCUT2D eigenvalue weighted by Crippen LogP contribution is 2.31. The van der Waals surface area contributed by atoms with Crippen molar-refractivity contribution in [3.63, 3.8) is 0 Å². The van der Waals surface area contributed by atoms with Gasteiger partial charge in [0, 0.05) is 37.1 Å². The maximum absolute atomic E-state index is 12.7. The fourth-order valence-electron chi connectivity index (χ4n) is 2.91. The Morgan fingerprint density at radius 1 is 1.33 bits per heavy atom. The van der Waals surface area contributed by atoms with Crippen molar-refractivity contribution in [3.8, 4) is 11.8 Å². The van der Waals surface area contributed by atoms with Crippen LogP contribution < -0.4 is 11.1 Å². The van der Waals surface area contributed by atoms with Gasteiger partial charge in [0.2, 0.25) is 11.8 Å². The standard InChI is InChI=1S/C17H16ClN3O3/c18-13-8-11-9-21(14-4-5-15(22)20-16(14)23)17(24)12(11)7-10(13)3-1-2-6-19/h7-8,14H,2,4-6,9,19H2,(H,20,22,23). The van der Waals surface area contributed by atoms with Crippen LogP contribution in [0.4, 0.5) is 0 Å². The Kier molecular flexibility index (Phi) is 4.56. The number of halogens is 1. The summed E-state index contributed by atoms with van der Waals surface area (Å²) in [5, 5.41) is 2.75. The van der Waals surface area contributed by atoms with Crippen LogP contribution in [0.5, 0.6) is 0 Å². The molecule has 0 saturated carbocycles. The summed E-state index contributed by atoms with van der Waals surface area (Å²) in [5.74, 6) is 4.84. The number of nitrogens with zero attached hydrogens (tertiary/aromatic N) is 1. The molecule has 1 aromatic rings. The molecule has 2 aliphatic rings. The van der Waals surface area contributed by atoms with Gasteiger partial charge in [-0.1, -0.05) is 23.4 Å². The molecule has 1 saturated heterocycles. The largest absolute Gasteiger partial charge is 0.330 e. The first-order valence-corrected chi connectivity index (χ1v) is 8.05. The fraction of sp³-hybridized carbons (Fsp3) is 0.353. The number of fused-ring (bicyclic) bond motifs is 1. The third-order valence-corrected chi connectivity index (χ3v) is 4.42.